The third kappa shape index (κ3) is 7.39. The second-order valence-corrected chi connectivity index (χ2v) is 12.3. The molecular formula is C31H36FN3O6S. The van der Waals surface area contributed by atoms with Crippen LogP contribution in [-0.4, -0.2) is 56.3 Å². The van der Waals surface area contributed by atoms with Gasteiger partial charge in [-0.1, -0.05) is 55.5 Å². The first kappa shape index (κ1) is 30.8. The highest BCUT2D eigenvalue weighted by Crippen LogP contribution is 2.36. The molecule has 4 rings (SSSR count). The van der Waals surface area contributed by atoms with Gasteiger partial charge in [0.15, 0.2) is 11.5 Å². The highest BCUT2D eigenvalue weighted by Gasteiger charge is 2.34. The number of amides is 2. The summed E-state index contributed by atoms with van der Waals surface area (Å²) in [7, 11) is -3.95. The van der Waals surface area contributed by atoms with Gasteiger partial charge in [-0.3, -0.25) is 13.9 Å². The summed E-state index contributed by atoms with van der Waals surface area (Å²) in [5.41, 5.74) is 1.21. The number of benzene rings is 3. The second kappa shape index (κ2) is 13.7. The van der Waals surface area contributed by atoms with E-state index in [4.69, 9.17) is 9.47 Å². The highest BCUT2D eigenvalue weighted by molar-refractivity contribution is 7.92. The minimum absolute atomic E-state index is 0.00111. The first-order valence-corrected chi connectivity index (χ1v) is 15.5. The lowest BCUT2D eigenvalue weighted by atomic mass is 10.0. The molecule has 0 saturated heterocycles. The summed E-state index contributed by atoms with van der Waals surface area (Å²) in [5.74, 6) is -1.06. The molecule has 224 valence electrons. The van der Waals surface area contributed by atoms with Gasteiger partial charge in [-0.2, -0.15) is 0 Å². The summed E-state index contributed by atoms with van der Waals surface area (Å²) in [5, 5.41) is 2.95. The summed E-state index contributed by atoms with van der Waals surface area (Å²) in [6, 6.07) is 18.6. The molecular weight excluding hydrogens is 561 g/mol. The largest absolute Gasteiger partial charge is 0.454 e. The SMILES string of the molecule is CC[C@H](C)NC(=O)[C@@H](Cc1ccccc1)N(Cc1ccccc1F)C(=O)CN(c1ccc2c(c1)OCO2)S(=O)(=O)CC. The molecule has 0 bridgehead atoms. The van der Waals surface area contributed by atoms with Crippen molar-refractivity contribution >= 4 is 27.5 Å². The fourth-order valence-corrected chi connectivity index (χ4v) is 5.62. The van der Waals surface area contributed by atoms with Crippen LogP contribution in [0.15, 0.2) is 72.8 Å². The molecule has 1 N–H and O–H groups in total. The van der Waals surface area contributed by atoms with Crippen LogP contribution in [0.2, 0.25) is 0 Å². The molecule has 0 spiro atoms. The molecule has 3 aromatic carbocycles. The van der Waals surface area contributed by atoms with Crippen molar-refractivity contribution in [2.75, 3.05) is 23.4 Å². The summed E-state index contributed by atoms with van der Waals surface area (Å²) in [6.45, 7) is 4.42. The lowest BCUT2D eigenvalue weighted by molar-refractivity contribution is -0.140. The fourth-order valence-electron chi connectivity index (χ4n) is 4.57. The Balaban J connectivity index is 1.76. The summed E-state index contributed by atoms with van der Waals surface area (Å²) < 4.78 is 53.3. The van der Waals surface area contributed by atoms with E-state index in [1.54, 1.807) is 18.2 Å². The Morgan fingerprint density at radius 2 is 1.67 bits per heavy atom. The lowest BCUT2D eigenvalue weighted by Crippen LogP contribution is -2.54. The Morgan fingerprint density at radius 3 is 2.36 bits per heavy atom. The van der Waals surface area contributed by atoms with Crippen LogP contribution in [0.5, 0.6) is 11.5 Å². The van der Waals surface area contributed by atoms with Gasteiger partial charge < -0.3 is 19.7 Å². The summed E-state index contributed by atoms with van der Waals surface area (Å²) >= 11 is 0. The average Bonchev–Trinajstić information content (AvgIpc) is 3.46. The lowest BCUT2D eigenvalue weighted by Gasteiger charge is -2.34. The third-order valence-electron chi connectivity index (χ3n) is 7.19. The minimum atomic E-state index is -3.95. The second-order valence-electron chi connectivity index (χ2n) is 10.1. The van der Waals surface area contributed by atoms with Crippen LogP contribution in [0.4, 0.5) is 10.1 Å². The topological polar surface area (TPSA) is 105 Å². The standard InChI is InChI=1S/C31H36FN3O6S/c1-4-22(3)33-31(37)27(17-23-11-7-6-8-12-23)34(19-24-13-9-10-14-26(24)32)30(36)20-35(42(38,39)5-2)25-15-16-28-29(18-25)41-21-40-28/h6-16,18,22,27H,4-5,17,19-21H2,1-3H3,(H,33,37)/t22-,27+/m0/s1. The van der Waals surface area contributed by atoms with E-state index in [0.29, 0.717) is 17.9 Å². The van der Waals surface area contributed by atoms with Gasteiger partial charge in [-0.25, -0.2) is 12.8 Å². The number of ether oxygens (including phenoxy) is 2. The average molecular weight is 598 g/mol. The molecule has 9 nitrogen and oxygen atoms in total. The smallest absolute Gasteiger partial charge is 0.244 e. The molecule has 1 aliphatic rings. The van der Waals surface area contributed by atoms with Crippen molar-refractivity contribution in [2.45, 2.75) is 52.2 Å². The third-order valence-corrected chi connectivity index (χ3v) is 8.94. The number of carbonyl (C=O) groups excluding carboxylic acids is 2. The maximum absolute atomic E-state index is 14.9. The van der Waals surface area contributed by atoms with Crippen LogP contribution in [0.3, 0.4) is 0 Å². The number of hydrogen-bond donors (Lipinski definition) is 1. The molecule has 0 saturated carbocycles. The van der Waals surface area contributed by atoms with Crippen molar-refractivity contribution in [1.82, 2.24) is 10.2 Å². The van der Waals surface area contributed by atoms with E-state index in [9.17, 15) is 22.4 Å². The van der Waals surface area contributed by atoms with Crippen LogP contribution in [0, 0.1) is 5.82 Å². The number of rotatable bonds is 13. The number of carbonyl (C=O) groups is 2. The van der Waals surface area contributed by atoms with Crippen LogP contribution in [0.1, 0.15) is 38.3 Å². The minimum Gasteiger partial charge on any atom is -0.454 e. The number of fused-ring (bicyclic) bond motifs is 1. The molecule has 0 aromatic heterocycles. The van der Waals surface area contributed by atoms with Crippen molar-refractivity contribution in [2.24, 2.45) is 0 Å². The van der Waals surface area contributed by atoms with Crippen LogP contribution < -0.4 is 19.1 Å². The maximum Gasteiger partial charge on any atom is 0.244 e. The molecule has 0 fully saturated rings. The Hall–Kier alpha value is -4.12. The molecule has 0 radical (unpaired) electrons. The van der Waals surface area contributed by atoms with E-state index in [-0.39, 0.29) is 42.8 Å². The predicted octanol–water partition coefficient (Wildman–Crippen LogP) is 4.27. The Labute approximate surface area is 246 Å². The molecule has 2 amide bonds. The van der Waals surface area contributed by atoms with E-state index in [2.05, 4.69) is 5.32 Å². The summed E-state index contributed by atoms with van der Waals surface area (Å²) in [6.07, 6.45) is 0.811. The van der Waals surface area contributed by atoms with Crippen molar-refractivity contribution in [3.8, 4) is 11.5 Å². The molecule has 0 aliphatic carbocycles. The van der Waals surface area contributed by atoms with Gasteiger partial charge in [0.25, 0.3) is 0 Å². The quantitative estimate of drug-likeness (QED) is 0.316. The van der Waals surface area contributed by atoms with Gasteiger partial charge in [0.05, 0.1) is 11.4 Å². The molecule has 0 unspecified atom stereocenters. The number of sulfonamides is 1. The number of anilines is 1. The van der Waals surface area contributed by atoms with Crippen LogP contribution >= 0.6 is 0 Å². The number of nitrogens with zero attached hydrogens (tertiary/aromatic N) is 2. The number of nitrogens with one attached hydrogen (secondary N) is 1. The normalized spacial score (nSPS) is 13.7. The monoisotopic (exact) mass is 597 g/mol. The Morgan fingerprint density at radius 1 is 0.976 bits per heavy atom. The molecule has 3 aromatic rings. The van der Waals surface area contributed by atoms with Gasteiger partial charge in [0.2, 0.25) is 28.6 Å². The zero-order chi connectivity index (χ0) is 30.3. The van der Waals surface area contributed by atoms with Gasteiger partial charge in [-0.15, -0.1) is 0 Å². The molecule has 1 aliphatic heterocycles. The van der Waals surface area contributed by atoms with Crippen LogP contribution in [0.25, 0.3) is 0 Å². The summed E-state index contributed by atoms with van der Waals surface area (Å²) in [4.78, 5) is 29.2. The zero-order valence-corrected chi connectivity index (χ0v) is 24.8. The molecule has 42 heavy (non-hydrogen) atoms. The van der Waals surface area contributed by atoms with E-state index in [0.717, 1.165) is 9.87 Å². The van der Waals surface area contributed by atoms with Crippen molar-refractivity contribution in [3.05, 3.63) is 89.7 Å². The first-order valence-electron chi connectivity index (χ1n) is 13.9. The van der Waals surface area contributed by atoms with Gasteiger partial charge in [0.1, 0.15) is 18.4 Å². The van der Waals surface area contributed by atoms with Gasteiger partial charge >= 0.3 is 0 Å². The molecule has 2 atom stereocenters. The maximum atomic E-state index is 14.9. The fraction of sp³-hybridized carbons (Fsp3) is 0.355. The zero-order valence-electron chi connectivity index (χ0n) is 24.0. The van der Waals surface area contributed by atoms with Crippen LogP contribution in [-0.2, 0) is 32.6 Å². The van der Waals surface area contributed by atoms with E-state index in [1.165, 1.54) is 36.1 Å². The number of hydrogen-bond acceptors (Lipinski definition) is 6. The Bertz CT molecular complexity index is 1500. The van der Waals surface area contributed by atoms with Crippen molar-refractivity contribution < 1.29 is 31.9 Å². The van der Waals surface area contributed by atoms with Gasteiger partial charge in [-0.05, 0) is 44.0 Å². The van der Waals surface area contributed by atoms with E-state index in [1.807, 2.05) is 44.2 Å². The van der Waals surface area contributed by atoms with Crippen molar-refractivity contribution in [1.29, 1.82) is 0 Å². The first-order chi connectivity index (χ1) is 20.1. The molecule has 11 heteroatoms. The van der Waals surface area contributed by atoms with Crippen molar-refractivity contribution in [3.63, 3.8) is 0 Å². The highest BCUT2D eigenvalue weighted by atomic mass is 32.2. The van der Waals surface area contributed by atoms with E-state index >= 15 is 0 Å². The number of halogens is 1. The van der Waals surface area contributed by atoms with Gasteiger partial charge in [0, 0.05) is 30.6 Å². The molecule has 1 heterocycles. The van der Waals surface area contributed by atoms with E-state index < -0.39 is 40.2 Å². The Kier molecular flexibility index (Phi) is 10.1. The predicted molar refractivity (Wildman–Crippen MR) is 158 cm³/mol.